The molecule has 0 radical (unpaired) electrons. The molecule has 0 aromatic rings. The Kier molecular flexibility index (Phi) is 4.34. The SMILES string of the molecule is CC1C=CCC(O)C=C1/C=C/C1=CCC(O)C=C1. The fourth-order valence-corrected chi connectivity index (χ4v) is 2.12. The number of aliphatic hydroxyl groups is 2. The van der Waals surface area contributed by atoms with Gasteiger partial charge in [-0.3, -0.25) is 0 Å². The normalized spacial score (nSPS) is 32.3. The van der Waals surface area contributed by atoms with Crippen molar-refractivity contribution in [2.24, 2.45) is 5.92 Å². The Morgan fingerprint density at radius 1 is 1.11 bits per heavy atom. The Balaban J connectivity index is 2.08. The topological polar surface area (TPSA) is 40.5 Å². The maximum Gasteiger partial charge on any atom is 0.0761 e. The maximum absolute atomic E-state index is 9.73. The molecule has 0 spiro atoms. The Morgan fingerprint density at radius 3 is 2.67 bits per heavy atom. The third-order valence-electron chi connectivity index (χ3n) is 3.29. The minimum atomic E-state index is -0.386. The number of rotatable bonds is 2. The average Bonchev–Trinajstić information content (AvgIpc) is 2.51. The summed E-state index contributed by atoms with van der Waals surface area (Å²) in [5, 5.41) is 19.1. The van der Waals surface area contributed by atoms with Gasteiger partial charge in [-0.1, -0.05) is 55.5 Å². The lowest BCUT2D eigenvalue weighted by atomic mass is 9.98. The summed E-state index contributed by atoms with van der Waals surface area (Å²) >= 11 is 0. The van der Waals surface area contributed by atoms with Gasteiger partial charge in [0, 0.05) is 0 Å². The lowest BCUT2D eigenvalue weighted by Crippen LogP contribution is -2.03. The van der Waals surface area contributed by atoms with Crippen LogP contribution in [0, 0.1) is 5.92 Å². The van der Waals surface area contributed by atoms with E-state index in [-0.39, 0.29) is 12.2 Å². The summed E-state index contributed by atoms with van der Waals surface area (Å²) < 4.78 is 0. The van der Waals surface area contributed by atoms with Crippen LogP contribution in [0.15, 0.2) is 59.8 Å². The molecule has 0 aliphatic heterocycles. The van der Waals surface area contributed by atoms with E-state index < -0.39 is 0 Å². The smallest absolute Gasteiger partial charge is 0.0761 e. The molecular formula is C16H20O2. The first-order chi connectivity index (χ1) is 8.65. The van der Waals surface area contributed by atoms with E-state index in [1.165, 1.54) is 0 Å². The van der Waals surface area contributed by atoms with Crippen LogP contribution < -0.4 is 0 Å². The van der Waals surface area contributed by atoms with Crippen molar-refractivity contribution in [1.82, 2.24) is 0 Å². The number of hydrogen-bond donors (Lipinski definition) is 2. The Morgan fingerprint density at radius 2 is 1.94 bits per heavy atom. The highest BCUT2D eigenvalue weighted by Gasteiger charge is 2.09. The molecule has 0 fully saturated rings. The average molecular weight is 244 g/mol. The van der Waals surface area contributed by atoms with E-state index in [1.54, 1.807) is 6.08 Å². The number of hydrogen-bond acceptors (Lipinski definition) is 2. The molecule has 3 unspecified atom stereocenters. The zero-order chi connectivity index (χ0) is 13.0. The van der Waals surface area contributed by atoms with E-state index in [4.69, 9.17) is 0 Å². The highest BCUT2D eigenvalue weighted by Crippen LogP contribution is 2.21. The summed E-state index contributed by atoms with van der Waals surface area (Å²) in [6.07, 6.45) is 16.6. The first-order valence-corrected chi connectivity index (χ1v) is 6.46. The van der Waals surface area contributed by atoms with Crippen molar-refractivity contribution >= 4 is 0 Å². The van der Waals surface area contributed by atoms with Crippen LogP contribution >= 0.6 is 0 Å². The van der Waals surface area contributed by atoms with Gasteiger partial charge in [0.2, 0.25) is 0 Å². The molecule has 2 aliphatic carbocycles. The van der Waals surface area contributed by atoms with Gasteiger partial charge in [0.05, 0.1) is 12.2 Å². The van der Waals surface area contributed by atoms with Crippen molar-refractivity contribution < 1.29 is 10.2 Å². The van der Waals surface area contributed by atoms with Crippen molar-refractivity contribution in [3.05, 3.63) is 59.8 Å². The summed E-state index contributed by atoms with van der Waals surface area (Å²) in [7, 11) is 0. The molecule has 18 heavy (non-hydrogen) atoms. The van der Waals surface area contributed by atoms with E-state index in [2.05, 4.69) is 19.1 Å². The second kappa shape index (κ2) is 5.98. The molecule has 2 rings (SSSR count). The van der Waals surface area contributed by atoms with Gasteiger partial charge in [-0.2, -0.15) is 0 Å². The van der Waals surface area contributed by atoms with Crippen molar-refractivity contribution in [2.75, 3.05) is 0 Å². The molecule has 0 saturated heterocycles. The predicted molar refractivity (Wildman–Crippen MR) is 74.0 cm³/mol. The molecule has 0 aromatic heterocycles. The zero-order valence-corrected chi connectivity index (χ0v) is 10.7. The van der Waals surface area contributed by atoms with Crippen LogP contribution in [-0.2, 0) is 0 Å². The maximum atomic E-state index is 9.73. The van der Waals surface area contributed by atoms with Gasteiger partial charge in [-0.25, -0.2) is 0 Å². The Hall–Kier alpha value is -1.38. The third-order valence-corrected chi connectivity index (χ3v) is 3.29. The molecule has 3 atom stereocenters. The lowest BCUT2D eigenvalue weighted by Gasteiger charge is -2.10. The van der Waals surface area contributed by atoms with Gasteiger partial charge in [-0.15, -0.1) is 0 Å². The zero-order valence-electron chi connectivity index (χ0n) is 10.7. The number of allylic oxidation sites excluding steroid dienone is 6. The van der Waals surface area contributed by atoms with Crippen LogP contribution in [0.3, 0.4) is 0 Å². The van der Waals surface area contributed by atoms with Gasteiger partial charge in [0.25, 0.3) is 0 Å². The minimum Gasteiger partial charge on any atom is -0.389 e. The predicted octanol–water partition coefficient (Wildman–Crippen LogP) is 2.67. The molecule has 2 aliphatic rings. The monoisotopic (exact) mass is 244 g/mol. The Bertz CT molecular complexity index is 438. The van der Waals surface area contributed by atoms with Gasteiger partial charge < -0.3 is 10.2 Å². The molecule has 0 heterocycles. The summed E-state index contributed by atoms with van der Waals surface area (Å²) in [5.74, 6) is 0.331. The fourth-order valence-electron chi connectivity index (χ4n) is 2.12. The molecule has 2 nitrogen and oxygen atoms in total. The number of aliphatic hydroxyl groups excluding tert-OH is 2. The van der Waals surface area contributed by atoms with Gasteiger partial charge in [0.1, 0.15) is 0 Å². The molecule has 0 bridgehead atoms. The minimum absolute atomic E-state index is 0.331. The summed E-state index contributed by atoms with van der Waals surface area (Å²) in [6.45, 7) is 2.12. The van der Waals surface area contributed by atoms with Crippen molar-refractivity contribution in [2.45, 2.75) is 32.0 Å². The lowest BCUT2D eigenvalue weighted by molar-refractivity contribution is 0.225. The van der Waals surface area contributed by atoms with Crippen LogP contribution in [0.1, 0.15) is 19.8 Å². The largest absolute Gasteiger partial charge is 0.389 e. The fraction of sp³-hybridized carbons (Fsp3) is 0.375. The highest BCUT2D eigenvalue weighted by molar-refractivity contribution is 5.39. The van der Waals surface area contributed by atoms with Crippen molar-refractivity contribution in [1.29, 1.82) is 0 Å². The molecule has 0 saturated carbocycles. The molecule has 2 heteroatoms. The molecule has 96 valence electrons. The third kappa shape index (κ3) is 3.56. The first-order valence-electron chi connectivity index (χ1n) is 6.46. The summed E-state index contributed by atoms with van der Waals surface area (Å²) in [5.41, 5.74) is 2.24. The quantitative estimate of drug-likeness (QED) is 0.733. The van der Waals surface area contributed by atoms with Crippen molar-refractivity contribution in [3.63, 3.8) is 0 Å². The van der Waals surface area contributed by atoms with Gasteiger partial charge in [0.15, 0.2) is 0 Å². The molecular weight excluding hydrogens is 224 g/mol. The molecule has 0 amide bonds. The van der Waals surface area contributed by atoms with Gasteiger partial charge >= 0.3 is 0 Å². The van der Waals surface area contributed by atoms with Crippen LogP contribution in [0.4, 0.5) is 0 Å². The van der Waals surface area contributed by atoms with Gasteiger partial charge in [-0.05, 0) is 29.9 Å². The van der Waals surface area contributed by atoms with E-state index in [0.29, 0.717) is 18.8 Å². The summed E-state index contributed by atoms with van der Waals surface area (Å²) in [4.78, 5) is 0. The second-order valence-corrected chi connectivity index (χ2v) is 4.89. The van der Waals surface area contributed by atoms with E-state index in [9.17, 15) is 10.2 Å². The van der Waals surface area contributed by atoms with Crippen LogP contribution in [0.25, 0.3) is 0 Å². The van der Waals surface area contributed by atoms with Crippen LogP contribution in [0.2, 0.25) is 0 Å². The second-order valence-electron chi connectivity index (χ2n) is 4.89. The first kappa shape index (κ1) is 13.1. The van der Waals surface area contributed by atoms with Crippen LogP contribution in [0.5, 0.6) is 0 Å². The highest BCUT2D eigenvalue weighted by atomic mass is 16.3. The van der Waals surface area contributed by atoms with Crippen molar-refractivity contribution in [3.8, 4) is 0 Å². The van der Waals surface area contributed by atoms with E-state index in [1.807, 2.05) is 30.4 Å². The van der Waals surface area contributed by atoms with E-state index in [0.717, 1.165) is 11.1 Å². The summed E-state index contributed by atoms with van der Waals surface area (Å²) in [6, 6.07) is 0. The molecule has 0 aromatic carbocycles. The van der Waals surface area contributed by atoms with E-state index >= 15 is 0 Å². The standard InChI is InChI=1S/C16H20O2/c1-12-3-2-4-16(18)11-14(12)8-5-13-6-9-15(17)10-7-13/h2-3,5-9,11-12,15-18H,4,10H2,1H3/b8-5+. The molecule has 2 N–H and O–H groups in total. The Labute approximate surface area is 108 Å². The van der Waals surface area contributed by atoms with Crippen LogP contribution in [-0.4, -0.2) is 22.4 Å².